The molecule has 1 aliphatic heterocycles. The first-order valence-corrected chi connectivity index (χ1v) is 4.46. The van der Waals surface area contributed by atoms with E-state index in [0.717, 1.165) is 0 Å². The molecular weight excluding hydrogens is 188 g/mol. The number of carbonyl (C=O) groups excluding carboxylic acids is 1. The third-order valence-electron chi connectivity index (χ3n) is 2.22. The Kier molecular flexibility index (Phi) is 3.91. The van der Waals surface area contributed by atoms with Crippen molar-refractivity contribution in [3.05, 3.63) is 11.8 Å². The van der Waals surface area contributed by atoms with E-state index in [1.807, 2.05) is 0 Å². The molecule has 0 aromatic heterocycles. The van der Waals surface area contributed by atoms with Gasteiger partial charge in [0.05, 0.1) is 13.0 Å². The smallest absolute Gasteiger partial charge is 0.306 e. The molecule has 1 rings (SSSR count). The molecule has 0 amide bonds. The Labute approximate surface area is 81.6 Å². The summed E-state index contributed by atoms with van der Waals surface area (Å²) in [6.07, 6.45) is 1.55. The molecule has 1 fully saturated rings. The Morgan fingerprint density at radius 1 is 1.57 bits per heavy atom. The summed E-state index contributed by atoms with van der Waals surface area (Å²) in [7, 11) is 0. The van der Waals surface area contributed by atoms with Gasteiger partial charge in [-0.15, -0.1) is 0 Å². The average molecular weight is 202 g/mol. The molecule has 3 N–H and O–H groups in total. The molecule has 1 heterocycles. The molecule has 2 atom stereocenters. The molecule has 5 nitrogen and oxygen atoms in total. The van der Waals surface area contributed by atoms with Gasteiger partial charge in [-0.25, -0.2) is 0 Å². The van der Waals surface area contributed by atoms with Crippen molar-refractivity contribution in [1.29, 1.82) is 0 Å². The molecule has 0 bridgehead atoms. The van der Waals surface area contributed by atoms with Gasteiger partial charge in [0, 0.05) is 18.9 Å². The molecule has 1 aliphatic rings. The van der Waals surface area contributed by atoms with Crippen molar-refractivity contribution in [1.82, 2.24) is 0 Å². The topological polar surface area (TPSA) is 87.0 Å². The summed E-state index contributed by atoms with van der Waals surface area (Å²) in [6, 6.07) is 0. The minimum atomic E-state index is -0.426. The second-order valence-corrected chi connectivity index (χ2v) is 3.26. The number of carbonyl (C=O) groups is 1. The minimum absolute atomic E-state index is 0.107. The molecule has 1 saturated heterocycles. The van der Waals surface area contributed by atoms with Crippen LogP contribution >= 0.6 is 0 Å². The van der Waals surface area contributed by atoms with Crippen LogP contribution in [-0.2, 0) is 9.53 Å². The van der Waals surface area contributed by atoms with E-state index in [1.54, 1.807) is 0 Å². The normalized spacial score (nSPS) is 27.9. The first-order chi connectivity index (χ1) is 6.67. The van der Waals surface area contributed by atoms with Crippen LogP contribution in [0.5, 0.6) is 0 Å². The zero-order chi connectivity index (χ0) is 10.6. The average Bonchev–Trinajstić information content (AvgIpc) is 2.55. The molecule has 0 aliphatic carbocycles. The van der Waals surface area contributed by atoms with Crippen LogP contribution in [0.25, 0.3) is 0 Å². The van der Waals surface area contributed by atoms with Crippen molar-refractivity contribution in [2.75, 3.05) is 13.2 Å². The maximum Gasteiger partial charge on any atom is 0.306 e. The fourth-order valence-corrected chi connectivity index (χ4v) is 1.40. The molecule has 0 spiro atoms. The number of aliphatic hydroxyl groups is 3. The predicted molar refractivity (Wildman–Crippen MR) is 47.5 cm³/mol. The van der Waals surface area contributed by atoms with Crippen molar-refractivity contribution in [3.8, 4) is 0 Å². The van der Waals surface area contributed by atoms with Gasteiger partial charge in [-0.1, -0.05) is 0 Å². The van der Waals surface area contributed by atoms with Crippen molar-refractivity contribution in [3.63, 3.8) is 0 Å². The first-order valence-electron chi connectivity index (χ1n) is 4.46. The zero-order valence-electron chi connectivity index (χ0n) is 7.72. The number of aliphatic hydroxyl groups excluding tert-OH is 3. The second-order valence-electron chi connectivity index (χ2n) is 3.26. The van der Waals surface area contributed by atoms with Crippen LogP contribution in [0.15, 0.2) is 11.8 Å². The van der Waals surface area contributed by atoms with E-state index in [2.05, 4.69) is 0 Å². The lowest BCUT2D eigenvalue weighted by atomic mass is 10.00. The Morgan fingerprint density at radius 2 is 2.29 bits per heavy atom. The van der Waals surface area contributed by atoms with Gasteiger partial charge in [-0.2, -0.15) is 0 Å². The van der Waals surface area contributed by atoms with Gasteiger partial charge >= 0.3 is 5.97 Å². The van der Waals surface area contributed by atoms with Gasteiger partial charge in [0.2, 0.25) is 0 Å². The van der Waals surface area contributed by atoms with E-state index in [4.69, 9.17) is 20.1 Å². The molecule has 80 valence electrons. The summed E-state index contributed by atoms with van der Waals surface area (Å²) >= 11 is 0. The standard InChI is InChI=1S/C9H14O5/c10-4-6-3-9(13)14-8(6)2-1-7(12)5-11/h1,6,8,10-12H,2-5H2/b7-1+. The molecule has 14 heavy (non-hydrogen) atoms. The summed E-state index contributed by atoms with van der Waals surface area (Å²) in [6.45, 7) is -0.533. The summed E-state index contributed by atoms with van der Waals surface area (Å²) in [4.78, 5) is 10.9. The number of ether oxygens (including phenoxy) is 1. The van der Waals surface area contributed by atoms with Crippen molar-refractivity contribution < 1.29 is 24.9 Å². The quantitative estimate of drug-likeness (QED) is 0.431. The first kappa shape index (κ1) is 11.0. The maximum atomic E-state index is 10.9. The van der Waals surface area contributed by atoms with E-state index >= 15 is 0 Å². The summed E-state index contributed by atoms with van der Waals surface area (Å²) in [5.41, 5.74) is 0. The Bertz CT molecular complexity index is 235. The molecule has 0 aromatic carbocycles. The summed E-state index contributed by atoms with van der Waals surface area (Å²) in [5.74, 6) is -0.680. The van der Waals surface area contributed by atoms with Crippen LogP contribution in [0.4, 0.5) is 0 Å². The van der Waals surface area contributed by atoms with Gasteiger partial charge < -0.3 is 20.1 Å². The van der Waals surface area contributed by atoms with Crippen LogP contribution < -0.4 is 0 Å². The Balaban J connectivity index is 2.47. The lowest BCUT2D eigenvalue weighted by Gasteiger charge is -2.12. The van der Waals surface area contributed by atoms with Crippen molar-refractivity contribution in [2.24, 2.45) is 5.92 Å². The van der Waals surface area contributed by atoms with Gasteiger partial charge in [-0.05, 0) is 6.08 Å². The second kappa shape index (κ2) is 4.97. The van der Waals surface area contributed by atoms with Crippen LogP contribution in [0.2, 0.25) is 0 Å². The number of rotatable bonds is 4. The molecule has 0 radical (unpaired) electrons. The highest BCUT2D eigenvalue weighted by molar-refractivity contribution is 5.72. The molecule has 5 heteroatoms. The van der Waals surface area contributed by atoms with E-state index in [9.17, 15) is 4.79 Å². The molecule has 0 aromatic rings. The largest absolute Gasteiger partial charge is 0.510 e. The highest BCUT2D eigenvalue weighted by atomic mass is 16.6. The van der Waals surface area contributed by atoms with Crippen LogP contribution in [0.1, 0.15) is 12.8 Å². The van der Waals surface area contributed by atoms with E-state index in [1.165, 1.54) is 6.08 Å². The third kappa shape index (κ3) is 2.71. The van der Waals surface area contributed by atoms with Gasteiger partial charge in [0.15, 0.2) is 0 Å². The Morgan fingerprint density at radius 3 is 2.86 bits per heavy atom. The van der Waals surface area contributed by atoms with Crippen LogP contribution in [-0.4, -0.2) is 40.6 Å². The number of hydrogen-bond donors (Lipinski definition) is 3. The summed E-state index contributed by atoms with van der Waals surface area (Å²) in [5, 5.41) is 26.4. The van der Waals surface area contributed by atoms with Crippen molar-refractivity contribution >= 4 is 5.97 Å². The minimum Gasteiger partial charge on any atom is -0.510 e. The summed E-state index contributed by atoms with van der Waals surface area (Å²) < 4.78 is 4.92. The third-order valence-corrected chi connectivity index (χ3v) is 2.22. The predicted octanol–water partition coefficient (Wildman–Crippen LogP) is -0.265. The highest BCUT2D eigenvalue weighted by Crippen LogP contribution is 2.24. The Hall–Kier alpha value is -1.07. The van der Waals surface area contributed by atoms with Crippen LogP contribution in [0, 0.1) is 5.92 Å². The molecular formula is C9H14O5. The van der Waals surface area contributed by atoms with Crippen LogP contribution in [0.3, 0.4) is 0 Å². The fourth-order valence-electron chi connectivity index (χ4n) is 1.40. The fraction of sp³-hybridized carbons (Fsp3) is 0.667. The van der Waals surface area contributed by atoms with Crippen molar-refractivity contribution in [2.45, 2.75) is 18.9 Å². The highest BCUT2D eigenvalue weighted by Gasteiger charge is 2.33. The van der Waals surface area contributed by atoms with Gasteiger partial charge in [-0.3, -0.25) is 4.79 Å². The maximum absolute atomic E-state index is 10.9. The van der Waals surface area contributed by atoms with E-state index in [-0.39, 0.29) is 36.8 Å². The SMILES string of the molecule is O=C1CC(CO)C(C/C=C(/O)CO)O1. The number of esters is 1. The monoisotopic (exact) mass is 202 g/mol. The lowest BCUT2D eigenvalue weighted by molar-refractivity contribution is -0.141. The number of cyclic esters (lactones) is 1. The number of hydrogen-bond acceptors (Lipinski definition) is 5. The molecule has 0 saturated carbocycles. The molecule has 2 unspecified atom stereocenters. The van der Waals surface area contributed by atoms with Gasteiger partial charge in [0.25, 0.3) is 0 Å². The lowest BCUT2D eigenvalue weighted by Crippen LogP contribution is -2.18. The van der Waals surface area contributed by atoms with E-state index < -0.39 is 6.61 Å². The van der Waals surface area contributed by atoms with Gasteiger partial charge in [0.1, 0.15) is 11.9 Å². The van der Waals surface area contributed by atoms with E-state index in [0.29, 0.717) is 6.42 Å². The zero-order valence-corrected chi connectivity index (χ0v) is 7.72.